The van der Waals surface area contributed by atoms with Gasteiger partial charge in [0.15, 0.2) is 0 Å². The van der Waals surface area contributed by atoms with Crippen molar-refractivity contribution in [1.82, 2.24) is 4.90 Å². The van der Waals surface area contributed by atoms with Gasteiger partial charge < -0.3 is 9.84 Å². The second-order valence-corrected chi connectivity index (χ2v) is 5.67. The van der Waals surface area contributed by atoms with Crippen molar-refractivity contribution in [2.24, 2.45) is 5.92 Å². The Morgan fingerprint density at radius 1 is 1.33 bits per heavy atom. The monoisotopic (exact) mass is 287 g/mol. The summed E-state index contributed by atoms with van der Waals surface area (Å²) < 4.78 is 5.28. The molecule has 3 nitrogen and oxygen atoms in total. The zero-order valence-electron chi connectivity index (χ0n) is 12.8. The van der Waals surface area contributed by atoms with Gasteiger partial charge in [0, 0.05) is 32.2 Å². The normalized spacial score (nSPS) is 19.0. The predicted molar refractivity (Wildman–Crippen MR) is 84.9 cm³/mol. The number of rotatable bonds is 5. The number of hydrogen-bond donors (Lipinski definition) is 1. The molecule has 1 heterocycles. The fraction of sp³-hybridized carbons (Fsp3) is 0.556. The largest absolute Gasteiger partial charge is 0.395 e. The molecule has 3 heteroatoms. The first kappa shape index (κ1) is 16.0. The van der Waals surface area contributed by atoms with Gasteiger partial charge in [0.05, 0.1) is 13.2 Å². The molecule has 1 aliphatic heterocycles. The molecule has 1 atom stereocenters. The van der Waals surface area contributed by atoms with Crippen molar-refractivity contribution in [3.05, 3.63) is 35.4 Å². The van der Waals surface area contributed by atoms with E-state index in [-0.39, 0.29) is 6.61 Å². The van der Waals surface area contributed by atoms with Crippen LogP contribution in [0.4, 0.5) is 0 Å². The van der Waals surface area contributed by atoms with Gasteiger partial charge in [-0.3, -0.25) is 4.90 Å². The second-order valence-electron chi connectivity index (χ2n) is 5.67. The lowest BCUT2D eigenvalue weighted by Gasteiger charge is -2.32. The SMILES string of the molecule is COCC1CCCN(Cc2ccc(C#CCCO)cc2)C1. The third-order valence-electron chi connectivity index (χ3n) is 3.84. The maximum atomic E-state index is 8.71. The Hall–Kier alpha value is -1.34. The minimum Gasteiger partial charge on any atom is -0.395 e. The smallest absolute Gasteiger partial charge is 0.0540 e. The van der Waals surface area contributed by atoms with Gasteiger partial charge in [0.1, 0.15) is 0 Å². The summed E-state index contributed by atoms with van der Waals surface area (Å²) in [6, 6.07) is 8.44. The number of nitrogens with zero attached hydrogens (tertiary/aromatic N) is 1. The van der Waals surface area contributed by atoms with Gasteiger partial charge in [0.25, 0.3) is 0 Å². The highest BCUT2D eigenvalue weighted by Gasteiger charge is 2.19. The molecular formula is C18H25NO2. The van der Waals surface area contributed by atoms with Crippen molar-refractivity contribution in [1.29, 1.82) is 0 Å². The molecule has 0 bridgehead atoms. The van der Waals surface area contributed by atoms with Crippen LogP contribution in [0.3, 0.4) is 0 Å². The average Bonchev–Trinajstić information content (AvgIpc) is 2.50. The summed E-state index contributed by atoms with van der Waals surface area (Å²) in [5, 5.41) is 8.71. The van der Waals surface area contributed by atoms with Crippen LogP contribution < -0.4 is 0 Å². The van der Waals surface area contributed by atoms with Crippen LogP contribution in [-0.2, 0) is 11.3 Å². The van der Waals surface area contributed by atoms with Crippen molar-refractivity contribution >= 4 is 0 Å². The van der Waals surface area contributed by atoms with E-state index >= 15 is 0 Å². The van der Waals surface area contributed by atoms with E-state index in [4.69, 9.17) is 9.84 Å². The Morgan fingerprint density at radius 3 is 2.86 bits per heavy atom. The molecule has 0 saturated carbocycles. The summed E-state index contributed by atoms with van der Waals surface area (Å²) in [5.41, 5.74) is 2.35. The van der Waals surface area contributed by atoms with E-state index in [0.29, 0.717) is 12.3 Å². The molecule has 1 unspecified atom stereocenters. The van der Waals surface area contributed by atoms with Gasteiger partial charge in [0.2, 0.25) is 0 Å². The lowest BCUT2D eigenvalue weighted by Crippen LogP contribution is -2.36. The summed E-state index contributed by atoms with van der Waals surface area (Å²) >= 11 is 0. The Balaban J connectivity index is 1.87. The van der Waals surface area contributed by atoms with E-state index < -0.39 is 0 Å². The van der Waals surface area contributed by atoms with E-state index in [0.717, 1.165) is 25.3 Å². The number of likely N-dealkylation sites (tertiary alicyclic amines) is 1. The Kier molecular flexibility index (Phi) is 6.75. The second kappa shape index (κ2) is 8.84. The standard InChI is InChI=1S/C18H25NO2/c1-21-15-18-6-4-11-19(14-18)13-17-9-7-16(8-10-17)5-2-3-12-20/h7-10,18,20H,3-4,6,11-15H2,1H3. The molecule has 1 aromatic rings. The molecule has 0 spiro atoms. The van der Waals surface area contributed by atoms with Gasteiger partial charge in [-0.15, -0.1) is 0 Å². The van der Waals surface area contributed by atoms with Gasteiger partial charge in [-0.05, 0) is 43.0 Å². The van der Waals surface area contributed by atoms with Crippen molar-refractivity contribution in [3.63, 3.8) is 0 Å². The molecular weight excluding hydrogens is 262 g/mol. The van der Waals surface area contributed by atoms with Gasteiger partial charge >= 0.3 is 0 Å². The van der Waals surface area contributed by atoms with Crippen LogP contribution in [-0.4, -0.2) is 43.4 Å². The number of aliphatic hydroxyl groups is 1. The highest BCUT2D eigenvalue weighted by atomic mass is 16.5. The van der Waals surface area contributed by atoms with Crippen molar-refractivity contribution in [2.45, 2.75) is 25.8 Å². The number of benzene rings is 1. The molecule has 0 radical (unpaired) electrons. The molecule has 1 N–H and O–H groups in total. The van der Waals surface area contributed by atoms with Gasteiger partial charge in [-0.25, -0.2) is 0 Å². The molecule has 0 aliphatic carbocycles. The molecule has 1 aliphatic rings. The fourth-order valence-electron chi connectivity index (χ4n) is 2.84. The van der Waals surface area contributed by atoms with Crippen molar-refractivity contribution < 1.29 is 9.84 Å². The Morgan fingerprint density at radius 2 is 2.14 bits per heavy atom. The molecule has 1 aromatic carbocycles. The Bertz CT molecular complexity index is 470. The predicted octanol–water partition coefficient (Wildman–Crippen LogP) is 2.28. The minimum atomic E-state index is 0.128. The van der Waals surface area contributed by atoms with Gasteiger partial charge in [-0.1, -0.05) is 24.0 Å². The van der Waals surface area contributed by atoms with Crippen molar-refractivity contribution in [3.8, 4) is 11.8 Å². The van der Waals surface area contributed by atoms with E-state index in [1.165, 1.54) is 24.9 Å². The van der Waals surface area contributed by atoms with E-state index in [2.05, 4.69) is 41.0 Å². The maximum Gasteiger partial charge on any atom is 0.0540 e. The third kappa shape index (κ3) is 5.51. The molecule has 2 rings (SSSR count). The number of piperidine rings is 1. The summed E-state index contributed by atoms with van der Waals surface area (Å²) in [7, 11) is 1.79. The first-order chi connectivity index (χ1) is 10.3. The quantitative estimate of drug-likeness (QED) is 0.843. The van der Waals surface area contributed by atoms with Crippen LogP contribution >= 0.6 is 0 Å². The molecule has 1 fully saturated rings. The summed E-state index contributed by atoms with van der Waals surface area (Å²) in [6.07, 6.45) is 3.08. The van der Waals surface area contributed by atoms with Gasteiger partial charge in [-0.2, -0.15) is 0 Å². The molecule has 0 aromatic heterocycles. The fourth-order valence-corrected chi connectivity index (χ4v) is 2.84. The highest BCUT2D eigenvalue weighted by Crippen LogP contribution is 2.18. The Labute approximate surface area is 127 Å². The van der Waals surface area contributed by atoms with Crippen LogP contribution in [0, 0.1) is 17.8 Å². The van der Waals surface area contributed by atoms with Crippen LogP contribution in [0.1, 0.15) is 30.4 Å². The summed E-state index contributed by atoms with van der Waals surface area (Å²) in [6.45, 7) is 4.31. The van der Waals surface area contributed by atoms with Crippen LogP contribution in [0.5, 0.6) is 0 Å². The highest BCUT2D eigenvalue weighted by molar-refractivity contribution is 5.36. The van der Waals surface area contributed by atoms with E-state index in [1.54, 1.807) is 7.11 Å². The summed E-state index contributed by atoms with van der Waals surface area (Å²) in [4.78, 5) is 2.51. The first-order valence-corrected chi connectivity index (χ1v) is 7.72. The first-order valence-electron chi connectivity index (χ1n) is 7.72. The topological polar surface area (TPSA) is 32.7 Å². The van der Waals surface area contributed by atoms with E-state index in [9.17, 15) is 0 Å². The molecule has 1 saturated heterocycles. The van der Waals surface area contributed by atoms with Crippen LogP contribution in [0.25, 0.3) is 0 Å². The minimum absolute atomic E-state index is 0.128. The number of methoxy groups -OCH3 is 1. The zero-order valence-corrected chi connectivity index (χ0v) is 12.8. The lowest BCUT2D eigenvalue weighted by molar-refractivity contribution is 0.0874. The molecule has 0 amide bonds. The third-order valence-corrected chi connectivity index (χ3v) is 3.84. The summed E-state index contributed by atoms with van der Waals surface area (Å²) in [5.74, 6) is 6.68. The average molecular weight is 287 g/mol. The molecule has 21 heavy (non-hydrogen) atoms. The van der Waals surface area contributed by atoms with Crippen LogP contribution in [0.2, 0.25) is 0 Å². The lowest BCUT2D eigenvalue weighted by atomic mass is 9.98. The number of ether oxygens (including phenoxy) is 1. The maximum absolute atomic E-state index is 8.71. The molecule has 114 valence electrons. The van der Waals surface area contributed by atoms with Crippen LogP contribution in [0.15, 0.2) is 24.3 Å². The number of hydrogen-bond acceptors (Lipinski definition) is 3. The number of aliphatic hydroxyl groups excluding tert-OH is 1. The zero-order chi connectivity index (χ0) is 14.9. The van der Waals surface area contributed by atoms with Crippen molar-refractivity contribution in [2.75, 3.05) is 33.4 Å². The van der Waals surface area contributed by atoms with E-state index in [1.807, 2.05) is 0 Å².